The zero-order valence-corrected chi connectivity index (χ0v) is 18.8. The second-order valence-electron chi connectivity index (χ2n) is 7.66. The number of aromatic hydroxyl groups is 1. The first-order valence-electron chi connectivity index (χ1n) is 9.81. The second-order valence-corrected chi connectivity index (χ2v) is 8.47. The number of carbonyl (C=O) groups is 2. The summed E-state index contributed by atoms with van der Waals surface area (Å²) >= 11 is 12.2. The summed E-state index contributed by atoms with van der Waals surface area (Å²) in [5.74, 6) is -1.85. The van der Waals surface area contributed by atoms with Gasteiger partial charge in [-0.15, -0.1) is 0 Å². The molecule has 1 unspecified atom stereocenters. The maximum absolute atomic E-state index is 13.1. The second kappa shape index (κ2) is 8.34. The predicted octanol–water partition coefficient (Wildman–Crippen LogP) is 5.94. The summed E-state index contributed by atoms with van der Waals surface area (Å²) in [5, 5.41) is 21.4. The first-order valence-corrected chi connectivity index (χ1v) is 10.6. The van der Waals surface area contributed by atoms with Crippen LogP contribution in [0.4, 0.5) is 5.69 Å². The van der Waals surface area contributed by atoms with Crippen LogP contribution in [-0.4, -0.2) is 21.9 Å². The molecule has 2 N–H and O–H groups in total. The molecular formula is C25H19Cl2NO4. The summed E-state index contributed by atoms with van der Waals surface area (Å²) in [6.45, 7) is 3.84. The number of aliphatic hydroxyl groups excluding tert-OH is 1. The van der Waals surface area contributed by atoms with Crippen molar-refractivity contribution in [2.24, 2.45) is 0 Å². The number of phenols is 1. The Kier molecular flexibility index (Phi) is 5.71. The maximum atomic E-state index is 13.1. The van der Waals surface area contributed by atoms with Crippen molar-refractivity contribution in [2.75, 3.05) is 4.90 Å². The summed E-state index contributed by atoms with van der Waals surface area (Å²) in [4.78, 5) is 27.5. The Labute approximate surface area is 195 Å². The molecule has 1 fully saturated rings. The largest absolute Gasteiger partial charge is 0.508 e. The molecule has 1 heterocycles. The Morgan fingerprint density at radius 1 is 0.875 bits per heavy atom. The van der Waals surface area contributed by atoms with E-state index < -0.39 is 17.7 Å². The van der Waals surface area contributed by atoms with Crippen molar-refractivity contribution in [1.82, 2.24) is 0 Å². The Balaban J connectivity index is 1.96. The van der Waals surface area contributed by atoms with Gasteiger partial charge in [-0.25, -0.2) is 0 Å². The monoisotopic (exact) mass is 467 g/mol. The predicted molar refractivity (Wildman–Crippen MR) is 125 cm³/mol. The molecule has 0 spiro atoms. The zero-order chi connectivity index (χ0) is 23.2. The van der Waals surface area contributed by atoms with E-state index in [0.29, 0.717) is 21.8 Å². The number of benzene rings is 3. The quantitative estimate of drug-likeness (QED) is 0.283. The number of halogens is 2. The van der Waals surface area contributed by atoms with Crippen molar-refractivity contribution in [3.05, 3.63) is 98.5 Å². The highest BCUT2D eigenvalue weighted by molar-refractivity contribution is 6.52. The Hall–Kier alpha value is -3.28. The fourth-order valence-electron chi connectivity index (χ4n) is 3.75. The molecule has 0 aliphatic carbocycles. The number of ketones is 1. The molecule has 3 aromatic carbocycles. The van der Waals surface area contributed by atoms with Crippen molar-refractivity contribution in [3.8, 4) is 5.75 Å². The molecular weight excluding hydrogens is 449 g/mol. The molecule has 7 heteroatoms. The minimum Gasteiger partial charge on any atom is -0.508 e. The van der Waals surface area contributed by atoms with E-state index >= 15 is 0 Å². The van der Waals surface area contributed by atoms with Crippen molar-refractivity contribution in [3.63, 3.8) is 0 Å². The highest BCUT2D eigenvalue weighted by Gasteiger charge is 2.47. The number of aryl methyl sites for hydroxylation is 2. The number of rotatable bonds is 3. The number of aliphatic hydroxyl groups is 1. The lowest BCUT2D eigenvalue weighted by Crippen LogP contribution is -2.29. The SMILES string of the molecule is Cc1ccc(/C(O)=C2\C(=O)C(=O)N(c3ccc(Cl)c(Cl)c3)C2c2ccc(O)cc2)cc1C. The van der Waals surface area contributed by atoms with Gasteiger partial charge in [-0.2, -0.15) is 0 Å². The van der Waals surface area contributed by atoms with Crippen molar-refractivity contribution in [2.45, 2.75) is 19.9 Å². The molecule has 5 nitrogen and oxygen atoms in total. The topological polar surface area (TPSA) is 77.8 Å². The van der Waals surface area contributed by atoms with E-state index in [1.165, 1.54) is 29.2 Å². The van der Waals surface area contributed by atoms with E-state index in [0.717, 1.165) is 11.1 Å². The molecule has 3 aromatic rings. The number of Topliss-reactive ketones (excluding diaryl/α,β-unsaturated/α-hetero) is 1. The molecule has 32 heavy (non-hydrogen) atoms. The van der Waals surface area contributed by atoms with Gasteiger partial charge in [-0.3, -0.25) is 14.5 Å². The van der Waals surface area contributed by atoms with Gasteiger partial charge in [-0.1, -0.05) is 47.5 Å². The molecule has 1 aliphatic rings. The van der Waals surface area contributed by atoms with Crippen LogP contribution in [0.3, 0.4) is 0 Å². The summed E-state index contributed by atoms with van der Waals surface area (Å²) in [6.07, 6.45) is 0. The van der Waals surface area contributed by atoms with E-state index in [4.69, 9.17) is 23.2 Å². The zero-order valence-electron chi connectivity index (χ0n) is 17.3. The average molecular weight is 468 g/mol. The van der Waals surface area contributed by atoms with Crippen LogP contribution in [0.15, 0.2) is 66.2 Å². The molecule has 162 valence electrons. The van der Waals surface area contributed by atoms with Crippen LogP contribution in [0.2, 0.25) is 10.0 Å². The van der Waals surface area contributed by atoms with Crippen LogP contribution in [0.1, 0.15) is 28.3 Å². The van der Waals surface area contributed by atoms with E-state index in [1.807, 2.05) is 19.9 Å². The molecule has 1 amide bonds. The first-order chi connectivity index (χ1) is 15.2. The standard InChI is InChI=1S/C25H19Cl2NO4/c1-13-3-4-16(11-14(13)2)23(30)21-22(15-5-8-18(29)9-6-15)28(25(32)24(21)31)17-7-10-19(26)20(27)12-17/h3-12,22,29-30H,1-2H3/b23-21+. The summed E-state index contributed by atoms with van der Waals surface area (Å²) in [5.41, 5.74) is 3.26. The summed E-state index contributed by atoms with van der Waals surface area (Å²) < 4.78 is 0. The molecule has 1 saturated heterocycles. The van der Waals surface area contributed by atoms with Gasteiger partial charge < -0.3 is 10.2 Å². The van der Waals surface area contributed by atoms with Crippen LogP contribution < -0.4 is 4.90 Å². The van der Waals surface area contributed by atoms with Crippen LogP contribution in [0.5, 0.6) is 5.75 Å². The third-order valence-electron chi connectivity index (χ3n) is 5.61. The van der Waals surface area contributed by atoms with Crippen molar-refractivity contribution >= 4 is 46.3 Å². The van der Waals surface area contributed by atoms with E-state index in [-0.39, 0.29) is 22.1 Å². The molecule has 0 radical (unpaired) electrons. The van der Waals surface area contributed by atoms with Crippen molar-refractivity contribution in [1.29, 1.82) is 0 Å². The van der Waals surface area contributed by atoms with Gasteiger partial charge >= 0.3 is 0 Å². The number of phenolic OH excluding ortho intramolecular Hbond substituents is 1. The first kappa shape index (κ1) is 21.9. The van der Waals surface area contributed by atoms with Gasteiger partial charge in [0.1, 0.15) is 11.5 Å². The third kappa shape index (κ3) is 3.74. The number of anilines is 1. The fourth-order valence-corrected chi connectivity index (χ4v) is 4.04. The highest BCUT2D eigenvalue weighted by Crippen LogP contribution is 2.43. The Morgan fingerprint density at radius 2 is 1.56 bits per heavy atom. The van der Waals surface area contributed by atoms with Gasteiger partial charge in [0.2, 0.25) is 0 Å². The van der Waals surface area contributed by atoms with Crippen LogP contribution in [0, 0.1) is 13.8 Å². The maximum Gasteiger partial charge on any atom is 0.300 e. The fraction of sp³-hybridized carbons (Fsp3) is 0.120. The summed E-state index contributed by atoms with van der Waals surface area (Å²) in [6, 6.07) is 15.1. The molecule has 0 bridgehead atoms. The van der Waals surface area contributed by atoms with Gasteiger partial charge in [0, 0.05) is 11.3 Å². The normalized spacial score (nSPS) is 17.8. The molecule has 1 aliphatic heterocycles. The smallest absolute Gasteiger partial charge is 0.300 e. The summed E-state index contributed by atoms with van der Waals surface area (Å²) in [7, 11) is 0. The van der Waals surface area contributed by atoms with Crippen LogP contribution >= 0.6 is 23.2 Å². The number of hydrogen-bond donors (Lipinski definition) is 2. The average Bonchev–Trinajstić information content (AvgIpc) is 3.03. The Morgan fingerprint density at radius 3 is 2.19 bits per heavy atom. The molecule has 1 atom stereocenters. The number of nitrogens with zero attached hydrogens (tertiary/aromatic N) is 1. The van der Waals surface area contributed by atoms with Crippen LogP contribution in [-0.2, 0) is 9.59 Å². The van der Waals surface area contributed by atoms with Crippen LogP contribution in [0.25, 0.3) is 5.76 Å². The van der Waals surface area contributed by atoms with Gasteiger partial charge in [0.15, 0.2) is 0 Å². The lowest BCUT2D eigenvalue weighted by Gasteiger charge is -2.25. The number of amides is 1. The van der Waals surface area contributed by atoms with Gasteiger partial charge in [0.25, 0.3) is 11.7 Å². The molecule has 4 rings (SSSR count). The van der Waals surface area contributed by atoms with Gasteiger partial charge in [0.05, 0.1) is 21.7 Å². The number of carbonyl (C=O) groups excluding carboxylic acids is 2. The molecule has 0 aromatic heterocycles. The lowest BCUT2D eigenvalue weighted by atomic mass is 9.94. The van der Waals surface area contributed by atoms with Gasteiger partial charge in [-0.05, 0) is 66.9 Å². The number of hydrogen-bond acceptors (Lipinski definition) is 4. The van der Waals surface area contributed by atoms with E-state index in [9.17, 15) is 19.8 Å². The minimum atomic E-state index is -0.922. The van der Waals surface area contributed by atoms with E-state index in [1.54, 1.807) is 30.3 Å². The Bertz CT molecular complexity index is 1280. The third-order valence-corrected chi connectivity index (χ3v) is 6.35. The van der Waals surface area contributed by atoms with E-state index in [2.05, 4.69) is 0 Å². The van der Waals surface area contributed by atoms with Crippen molar-refractivity contribution < 1.29 is 19.8 Å². The highest BCUT2D eigenvalue weighted by atomic mass is 35.5. The lowest BCUT2D eigenvalue weighted by molar-refractivity contribution is -0.132. The molecule has 0 saturated carbocycles. The minimum absolute atomic E-state index is 0.0365.